The summed E-state index contributed by atoms with van der Waals surface area (Å²) in [5.41, 5.74) is 1.19. The van der Waals surface area contributed by atoms with E-state index < -0.39 is 0 Å². The number of carbonyl (C=O) groups is 1. The molecular weight excluding hydrogens is 324 g/mol. The van der Waals surface area contributed by atoms with Crippen LogP contribution in [0.3, 0.4) is 0 Å². The molecule has 1 aromatic heterocycles. The number of nitrogens with one attached hydrogen (secondary N) is 2. The van der Waals surface area contributed by atoms with Gasteiger partial charge in [-0.15, -0.1) is 12.4 Å². The molecule has 0 spiro atoms. The highest BCUT2D eigenvalue weighted by Gasteiger charge is 2.42. The standard InChI is InChI=1S/C18H26N4O.ClH/c23-17(21-18(13-3-4-13)14-5-6-14)12-22-9-8-20-11-16(22)15-2-1-7-19-10-15;/h1-2,7,10,13-14,16,18,20H,3-6,8-9,11-12H2,(H,21,23);1H. The molecule has 0 radical (unpaired) electrons. The van der Waals surface area contributed by atoms with Crippen LogP contribution in [0.5, 0.6) is 0 Å². The highest BCUT2D eigenvalue weighted by molar-refractivity contribution is 5.85. The Morgan fingerprint density at radius 3 is 2.71 bits per heavy atom. The van der Waals surface area contributed by atoms with Gasteiger partial charge < -0.3 is 10.6 Å². The normalized spacial score (nSPS) is 24.5. The highest BCUT2D eigenvalue weighted by atomic mass is 35.5. The molecule has 0 bridgehead atoms. The van der Waals surface area contributed by atoms with Crippen molar-refractivity contribution in [2.75, 3.05) is 26.2 Å². The first-order chi connectivity index (χ1) is 11.3. The fourth-order valence-corrected chi connectivity index (χ4v) is 3.78. The molecular formula is C18H27ClN4O. The number of rotatable bonds is 6. The molecule has 1 aromatic rings. The Labute approximate surface area is 150 Å². The van der Waals surface area contributed by atoms with Crippen LogP contribution in [-0.4, -0.2) is 48.0 Å². The second kappa shape index (κ2) is 7.81. The van der Waals surface area contributed by atoms with E-state index in [-0.39, 0.29) is 24.4 Å². The first-order valence-electron chi connectivity index (χ1n) is 8.95. The zero-order valence-electron chi connectivity index (χ0n) is 14.0. The maximum absolute atomic E-state index is 12.6. The molecule has 2 heterocycles. The number of carbonyl (C=O) groups excluding carboxylic acids is 1. The van der Waals surface area contributed by atoms with Gasteiger partial charge in [-0.1, -0.05) is 6.07 Å². The lowest BCUT2D eigenvalue weighted by atomic mass is 10.0. The summed E-state index contributed by atoms with van der Waals surface area (Å²) in [5.74, 6) is 1.71. The van der Waals surface area contributed by atoms with Crippen molar-refractivity contribution in [3.8, 4) is 0 Å². The predicted molar refractivity (Wildman–Crippen MR) is 96.0 cm³/mol. The van der Waals surface area contributed by atoms with Crippen LogP contribution in [0, 0.1) is 11.8 Å². The Hall–Kier alpha value is -1.17. The van der Waals surface area contributed by atoms with Gasteiger partial charge in [-0.05, 0) is 49.1 Å². The first kappa shape index (κ1) is 17.6. The molecule has 1 aliphatic heterocycles. The Kier molecular flexibility index (Phi) is 5.74. The van der Waals surface area contributed by atoms with Gasteiger partial charge in [0, 0.05) is 44.1 Å². The lowest BCUT2D eigenvalue weighted by Gasteiger charge is -2.36. The summed E-state index contributed by atoms with van der Waals surface area (Å²) >= 11 is 0. The van der Waals surface area contributed by atoms with E-state index in [1.54, 1.807) is 6.20 Å². The van der Waals surface area contributed by atoms with Crippen LogP contribution in [0.15, 0.2) is 24.5 Å². The van der Waals surface area contributed by atoms with E-state index in [4.69, 9.17) is 0 Å². The molecule has 1 saturated heterocycles. The summed E-state index contributed by atoms with van der Waals surface area (Å²) < 4.78 is 0. The van der Waals surface area contributed by atoms with Gasteiger partial charge in [0.2, 0.25) is 5.91 Å². The zero-order chi connectivity index (χ0) is 15.6. The third-order valence-corrected chi connectivity index (χ3v) is 5.36. The number of halogens is 1. The van der Waals surface area contributed by atoms with Gasteiger partial charge in [-0.2, -0.15) is 0 Å². The van der Waals surface area contributed by atoms with Crippen LogP contribution in [0.4, 0.5) is 0 Å². The number of nitrogens with zero attached hydrogens (tertiary/aromatic N) is 2. The zero-order valence-corrected chi connectivity index (χ0v) is 14.8. The lowest BCUT2D eigenvalue weighted by Crippen LogP contribution is -2.51. The monoisotopic (exact) mass is 350 g/mol. The summed E-state index contributed by atoms with van der Waals surface area (Å²) in [6, 6.07) is 4.76. The van der Waals surface area contributed by atoms with Crippen LogP contribution in [0.2, 0.25) is 0 Å². The minimum atomic E-state index is 0. The van der Waals surface area contributed by atoms with Gasteiger partial charge in [0.1, 0.15) is 0 Å². The molecule has 3 fully saturated rings. The number of amides is 1. The molecule has 132 valence electrons. The molecule has 1 unspecified atom stereocenters. The largest absolute Gasteiger partial charge is 0.352 e. The number of hydrogen-bond donors (Lipinski definition) is 2. The van der Waals surface area contributed by atoms with E-state index >= 15 is 0 Å². The average molecular weight is 351 g/mol. The number of aromatic nitrogens is 1. The third-order valence-electron chi connectivity index (χ3n) is 5.36. The van der Waals surface area contributed by atoms with Gasteiger partial charge in [-0.3, -0.25) is 14.7 Å². The third kappa shape index (κ3) is 4.26. The smallest absolute Gasteiger partial charge is 0.234 e. The summed E-state index contributed by atoms with van der Waals surface area (Å²) in [6.45, 7) is 3.23. The van der Waals surface area contributed by atoms with Crippen molar-refractivity contribution in [3.05, 3.63) is 30.1 Å². The van der Waals surface area contributed by atoms with E-state index in [9.17, 15) is 4.79 Å². The van der Waals surface area contributed by atoms with Crippen molar-refractivity contribution in [1.29, 1.82) is 0 Å². The van der Waals surface area contributed by atoms with Crippen LogP contribution >= 0.6 is 12.4 Å². The SMILES string of the molecule is Cl.O=C(CN1CCNCC1c1cccnc1)NC(C1CC1)C1CC1. The Bertz CT molecular complexity index is 535. The molecule has 6 heteroatoms. The Morgan fingerprint density at radius 1 is 1.33 bits per heavy atom. The minimum absolute atomic E-state index is 0. The molecule has 4 rings (SSSR count). The highest BCUT2D eigenvalue weighted by Crippen LogP contribution is 2.44. The van der Waals surface area contributed by atoms with Crippen molar-refractivity contribution in [2.24, 2.45) is 11.8 Å². The fourth-order valence-electron chi connectivity index (χ4n) is 3.78. The van der Waals surface area contributed by atoms with Gasteiger partial charge >= 0.3 is 0 Å². The van der Waals surface area contributed by atoms with Gasteiger partial charge in [0.05, 0.1) is 6.54 Å². The minimum Gasteiger partial charge on any atom is -0.352 e. The van der Waals surface area contributed by atoms with E-state index in [0.29, 0.717) is 12.6 Å². The maximum Gasteiger partial charge on any atom is 0.234 e. The van der Waals surface area contributed by atoms with Crippen molar-refractivity contribution >= 4 is 18.3 Å². The van der Waals surface area contributed by atoms with Gasteiger partial charge in [0.25, 0.3) is 0 Å². The van der Waals surface area contributed by atoms with E-state index in [1.807, 2.05) is 12.3 Å². The van der Waals surface area contributed by atoms with Crippen LogP contribution < -0.4 is 10.6 Å². The summed E-state index contributed by atoms with van der Waals surface area (Å²) in [4.78, 5) is 19.1. The lowest BCUT2D eigenvalue weighted by molar-refractivity contribution is -0.124. The van der Waals surface area contributed by atoms with E-state index in [0.717, 1.165) is 31.5 Å². The van der Waals surface area contributed by atoms with Crippen LogP contribution in [0.25, 0.3) is 0 Å². The molecule has 1 atom stereocenters. The van der Waals surface area contributed by atoms with Crippen molar-refractivity contribution < 1.29 is 4.79 Å². The van der Waals surface area contributed by atoms with Gasteiger partial charge in [0.15, 0.2) is 0 Å². The number of hydrogen-bond acceptors (Lipinski definition) is 4. The maximum atomic E-state index is 12.6. The average Bonchev–Trinajstić information content (AvgIpc) is 3.48. The number of piperazine rings is 1. The molecule has 2 saturated carbocycles. The molecule has 3 aliphatic rings. The van der Waals surface area contributed by atoms with Crippen molar-refractivity contribution in [3.63, 3.8) is 0 Å². The molecule has 24 heavy (non-hydrogen) atoms. The topological polar surface area (TPSA) is 57.3 Å². The van der Waals surface area contributed by atoms with Crippen LogP contribution in [0.1, 0.15) is 37.3 Å². The predicted octanol–water partition coefficient (Wildman–Crippen LogP) is 1.75. The molecule has 5 nitrogen and oxygen atoms in total. The summed E-state index contributed by atoms with van der Waals surface area (Å²) in [6.07, 6.45) is 8.91. The van der Waals surface area contributed by atoms with Crippen LogP contribution in [-0.2, 0) is 4.79 Å². The second-order valence-corrected chi connectivity index (χ2v) is 7.24. The second-order valence-electron chi connectivity index (χ2n) is 7.24. The molecule has 2 aliphatic carbocycles. The van der Waals surface area contributed by atoms with E-state index in [2.05, 4.69) is 26.6 Å². The molecule has 0 aromatic carbocycles. The number of pyridine rings is 1. The Morgan fingerprint density at radius 2 is 2.08 bits per heavy atom. The van der Waals surface area contributed by atoms with Crippen molar-refractivity contribution in [2.45, 2.75) is 37.8 Å². The fraction of sp³-hybridized carbons (Fsp3) is 0.667. The first-order valence-corrected chi connectivity index (χ1v) is 8.95. The molecule has 2 N–H and O–H groups in total. The quantitative estimate of drug-likeness (QED) is 0.820. The van der Waals surface area contributed by atoms with E-state index in [1.165, 1.54) is 31.2 Å². The molecule has 1 amide bonds. The summed E-state index contributed by atoms with van der Waals surface area (Å²) in [5, 5.41) is 6.78. The Balaban J connectivity index is 0.00000169. The van der Waals surface area contributed by atoms with Gasteiger partial charge in [-0.25, -0.2) is 0 Å². The van der Waals surface area contributed by atoms with Crippen molar-refractivity contribution in [1.82, 2.24) is 20.5 Å². The summed E-state index contributed by atoms with van der Waals surface area (Å²) in [7, 11) is 0.